The van der Waals surface area contributed by atoms with Crippen LogP contribution in [0.2, 0.25) is 24.2 Å². The van der Waals surface area contributed by atoms with Crippen molar-refractivity contribution >= 4 is 125 Å². The zero-order valence-corrected chi connectivity index (χ0v) is 43.5. The predicted octanol–water partition coefficient (Wildman–Crippen LogP) is 17.1. The molecule has 0 bridgehead atoms. The van der Waals surface area contributed by atoms with Crippen LogP contribution in [0.3, 0.4) is 0 Å². The second-order valence-electron chi connectivity index (χ2n) is 21.7. The highest BCUT2D eigenvalue weighted by Crippen LogP contribution is 2.51. The van der Waals surface area contributed by atoms with Crippen molar-refractivity contribution in [2.75, 3.05) is 9.80 Å². The molecule has 0 aliphatic carbocycles. The van der Waals surface area contributed by atoms with E-state index in [0.29, 0.717) is 0 Å². The summed E-state index contributed by atoms with van der Waals surface area (Å²) in [6, 6.07) is 94.4. The number of nitrogens with zero attached hydrogens (tertiary/aromatic N) is 2. The Kier molecular flexibility index (Phi) is 9.32. The molecule has 4 aliphatic heterocycles. The van der Waals surface area contributed by atoms with Gasteiger partial charge in [0.05, 0.1) is 11.4 Å². The van der Waals surface area contributed by atoms with Crippen molar-refractivity contribution in [1.29, 1.82) is 0 Å². The molecule has 352 valence electrons. The Hall–Kier alpha value is -8.03. The third-order valence-electron chi connectivity index (χ3n) is 18.3. The van der Waals surface area contributed by atoms with E-state index in [9.17, 15) is 0 Å². The van der Waals surface area contributed by atoms with E-state index in [4.69, 9.17) is 0 Å². The molecule has 74 heavy (non-hydrogen) atoms. The van der Waals surface area contributed by atoms with Gasteiger partial charge >= 0.3 is 0 Å². The first kappa shape index (κ1) is 42.5. The molecular weight excluding hydrogens is 925 g/mol. The summed E-state index contributed by atoms with van der Waals surface area (Å²) in [6.07, 6.45) is 5.32. The number of benzene rings is 12. The molecule has 0 unspecified atom stereocenters. The number of fused-ring (bicyclic) bond motifs is 15. The van der Waals surface area contributed by atoms with Crippen molar-refractivity contribution in [2.24, 2.45) is 0 Å². The van der Waals surface area contributed by atoms with Crippen LogP contribution in [0.15, 0.2) is 231 Å². The zero-order chi connectivity index (χ0) is 48.5. The minimum absolute atomic E-state index is 1.25. The molecule has 2 spiro atoms. The van der Waals surface area contributed by atoms with Crippen LogP contribution in [0.25, 0.3) is 76.1 Å². The first-order valence-corrected chi connectivity index (χ1v) is 31.9. The molecule has 0 aromatic heterocycles. The van der Waals surface area contributed by atoms with E-state index in [1.165, 1.54) is 160 Å². The second-order valence-corrected chi connectivity index (χ2v) is 30.2. The van der Waals surface area contributed by atoms with Gasteiger partial charge < -0.3 is 9.80 Å². The minimum Gasteiger partial charge on any atom is -0.310 e. The molecule has 12 aromatic carbocycles. The highest BCUT2D eigenvalue weighted by atomic mass is 28.3. The summed E-state index contributed by atoms with van der Waals surface area (Å²) in [6.45, 7) is 0. The molecule has 4 heteroatoms. The highest BCUT2D eigenvalue weighted by molar-refractivity contribution is 7.05. The van der Waals surface area contributed by atoms with Gasteiger partial charge in [0, 0.05) is 33.5 Å². The van der Waals surface area contributed by atoms with Crippen molar-refractivity contribution in [3.63, 3.8) is 0 Å². The van der Waals surface area contributed by atoms with Gasteiger partial charge in [0.1, 0.15) is 16.1 Å². The Morgan fingerprint density at radius 2 is 0.527 bits per heavy atom. The van der Waals surface area contributed by atoms with Gasteiger partial charge in [0.2, 0.25) is 0 Å². The molecule has 0 amide bonds. The number of para-hydroxylation sites is 4. The van der Waals surface area contributed by atoms with E-state index in [1.807, 2.05) is 0 Å². The first-order chi connectivity index (χ1) is 36.7. The second kappa shape index (κ2) is 16.2. The van der Waals surface area contributed by atoms with Gasteiger partial charge in [-0.2, -0.15) is 0 Å². The third kappa shape index (κ3) is 5.87. The van der Waals surface area contributed by atoms with E-state index in [2.05, 4.69) is 240 Å². The standard InChI is InChI=1S/C70H54N2Si2/c1-5-25-54-48(21-1)52(37-39-60(54)71-62-29-9-13-33-66(62)73(41-17-18-42-73)67-34-14-10-30-63(67)71)58-45-47-46-59(51-24-4-8-28-57(51)70(47)56-27-7-3-23-50(56)58)53-38-40-61(55-26-6-2-22-49(53)55)72-64-31-11-15-35-68(64)74(43-19-20-44-74)69-36-16-12-32-65(69)72/h1-16,21-40,45-46H,17-20,41-44H2. The van der Waals surface area contributed by atoms with E-state index in [1.54, 1.807) is 20.7 Å². The van der Waals surface area contributed by atoms with Gasteiger partial charge in [-0.15, -0.1) is 0 Å². The SMILES string of the molecule is c1ccc2c(c1)N(c1ccc(-c3cc4cc(-c5ccc(N6c7ccccc7[Si]7(CCCC7)c7ccccc76)c6ccccc56)c5ccccc5c4c4ccccc34)c3ccccc13)c1ccccc1[Si]21CCCC1. The van der Waals surface area contributed by atoms with Crippen LogP contribution in [0.5, 0.6) is 0 Å². The summed E-state index contributed by atoms with van der Waals surface area (Å²) in [7, 11) is -3.75. The van der Waals surface area contributed by atoms with E-state index in [-0.39, 0.29) is 0 Å². The molecule has 0 N–H and O–H groups in total. The molecular formula is C70H54N2Si2. The maximum atomic E-state index is 2.61. The Morgan fingerprint density at radius 1 is 0.243 bits per heavy atom. The topological polar surface area (TPSA) is 6.48 Å². The van der Waals surface area contributed by atoms with E-state index in [0.717, 1.165) is 0 Å². The van der Waals surface area contributed by atoms with Crippen LogP contribution in [0.1, 0.15) is 25.7 Å². The fourth-order valence-corrected chi connectivity index (χ4v) is 26.3. The lowest BCUT2D eigenvalue weighted by molar-refractivity contribution is 0.935. The first-order valence-electron chi connectivity index (χ1n) is 27.1. The summed E-state index contributed by atoms with van der Waals surface area (Å²) in [5, 5.41) is 19.2. The Labute approximate surface area is 434 Å². The molecule has 0 radical (unpaired) electrons. The molecule has 2 fully saturated rings. The molecule has 12 aromatic rings. The van der Waals surface area contributed by atoms with Crippen molar-refractivity contribution in [3.05, 3.63) is 231 Å². The van der Waals surface area contributed by atoms with Gasteiger partial charge in [0.15, 0.2) is 0 Å². The fourth-order valence-electron chi connectivity index (χ4n) is 15.2. The normalized spacial score (nSPS) is 16.1. The molecule has 0 saturated carbocycles. The van der Waals surface area contributed by atoms with Gasteiger partial charge in [-0.25, -0.2) is 0 Å². The lowest BCUT2D eigenvalue weighted by atomic mass is 9.85. The summed E-state index contributed by atoms with van der Waals surface area (Å²) in [5.41, 5.74) is 13.0. The highest BCUT2D eigenvalue weighted by Gasteiger charge is 2.49. The van der Waals surface area contributed by atoms with Crippen molar-refractivity contribution in [3.8, 4) is 22.3 Å². The number of rotatable bonds is 4. The summed E-state index contributed by atoms with van der Waals surface area (Å²) < 4.78 is 0. The van der Waals surface area contributed by atoms with Crippen LogP contribution >= 0.6 is 0 Å². The maximum Gasteiger partial charge on any atom is 0.123 e. The van der Waals surface area contributed by atoms with Gasteiger partial charge in [-0.05, 0) is 159 Å². The molecule has 4 aliphatic rings. The number of anilines is 6. The van der Waals surface area contributed by atoms with Crippen LogP contribution in [-0.4, -0.2) is 16.1 Å². The largest absolute Gasteiger partial charge is 0.310 e. The zero-order valence-electron chi connectivity index (χ0n) is 41.5. The van der Waals surface area contributed by atoms with Crippen LogP contribution in [0.4, 0.5) is 34.1 Å². The smallest absolute Gasteiger partial charge is 0.123 e. The minimum atomic E-state index is -1.87. The fraction of sp³-hybridized carbons (Fsp3) is 0.114. The average molecular weight is 979 g/mol. The molecule has 0 atom stereocenters. The third-order valence-corrected chi connectivity index (χ3v) is 28.9. The lowest BCUT2D eigenvalue weighted by Gasteiger charge is -2.43. The van der Waals surface area contributed by atoms with Crippen LogP contribution < -0.4 is 30.5 Å². The monoisotopic (exact) mass is 978 g/mol. The van der Waals surface area contributed by atoms with Crippen LogP contribution in [0, 0.1) is 0 Å². The molecule has 2 nitrogen and oxygen atoms in total. The van der Waals surface area contributed by atoms with Gasteiger partial charge in [0.25, 0.3) is 0 Å². The van der Waals surface area contributed by atoms with Crippen molar-refractivity contribution < 1.29 is 0 Å². The lowest BCUT2D eigenvalue weighted by Crippen LogP contribution is -2.60. The number of hydrogen-bond acceptors (Lipinski definition) is 2. The Morgan fingerprint density at radius 3 is 0.878 bits per heavy atom. The average Bonchev–Trinajstić information content (AvgIpc) is 4.18. The number of hydrogen-bond donors (Lipinski definition) is 0. The maximum absolute atomic E-state index is 2.61. The predicted molar refractivity (Wildman–Crippen MR) is 322 cm³/mol. The van der Waals surface area contributed by atoms with Crippen molar-refractivity contribution in [2.45, 2.75) is 49.9 Å². The summed E-state index contributed by atoms with van der Waals surface area (Å²) in [4.78, 5) is 5.22. The molecule has 16 rings (SSSR count). The van der Waals surface area contributed by atoms with E-state index < -0.39 is 16.1 Å². The van der Waals surface area contributed by atoms with Crippen LogP contribution in [-0.2, 0) is 0 Å². The Bertz CT molecular complexity index is 3940. The molecule has 4 heterocycles. The summed E-state index contributed by atoms with van der Waals surface area (Å²) >= 11 is 0. The quantitative estimate of drug-likeness (QED) is 0.128. The van der Waals surface area contributed by atoms with Crippen molar-refractivity contribution in [1.82, 2.24) is 0 Å². The van der Waals surface area contributed by atoms with Gasteiger partial charge in [-0.3, -0.25) is 0 Å². The summed E-state index contributed by atoms with van der Waals surface area (Å²) in [5.74, 6) is 0. The van der Waals surface area contributed by atoms with E-state index >= 15 is 0 Å². The van der Waals surface area contributed by atoms with Gasteiger partial charge in [-0.1, -0.05) is 208 Å². The molecule has 2 saturated heterocycles. The Balaban J connectivity index is 0.898.